The molecule has 122 valence electrons. The normalized spacial score (nSPS) is 15.6. The molecule has 0 bridgehead atoms. The number of aromatic amines is 1. The van der Waals surface area contributed by atoms with Crippen molar-refractivity contribution in [2.75, 3.05) is 6.54 Å². The summed E-state index contributed by atoms with van der Waals surface area (Å²) < 4.78 is 1.58. The first-order valence-electron chi connectivity index (χ1n) is 7.30. The van der Waals surface area contributed by atoms with Crippen molar-refractivity contribution in [2.24, 2.45) is 5.92 Å². The lowest BCUT2D eigenvalue weighted by Crippen LogP contribution is -2.43. The number of aromatic nitrogens is 3. The zero-order chi connectivity index (χ0) is 16.3. The predicted octanol–water partition coefficient (Wildman–Crippen LogP) is 0.869. The fourth-order valence-electron chi connectivity index (χ4n) is 1.79. The molecule has 1 saturated carbocycles. The molecule has 0 radical (unpaired) electrons. The van der Waals surface area contributed by atoms with Crippen LogP contribution in [0.4, 0.5) is 4.79 Å². The molecule has 1 aliphatic rings. The summed E-state index contributed by atoms with van der Waals surface area (Å²) in [7, 11) is 0. The fraction of sp³-hybridized carbons (Fsp3) is 0.692. The van der Waals surface area contributed by atoms with Crippen LogP contribution in [0.25, 0.3) is 0 Å². The molecule has 1 heterocycles. The highest BCUT2D eigenvalue weighted by Gasteiger charge is 2.30. The number of nitrogens with one attached hydrogen (secondary N) is 3. The van der Waals surface area contributed by atoms with Crippen LogP contribution in [0.1, 0.15) is 39.7 Å². The SMILES string of the molecule is CC(C)CNC(=O)NC(=O)C(C)Sc1n[nH]c(=O)n1C1CC1. The second-order valence-electron chi connectivity index (χ2n) is 5.77. The Morgan fingerprint density at radius 2 is 2.09 bits per heavy atom. The first kappa shape index (κ1) is 16.6. The Kier molecular flexibility index (Phi) is 5.28. The van der Waals surface area contributed by atoms with E-state index in [0.717, 1.165) is 24.6 Å². The molecule has 0 spiro atoms. The van der Waals surface area contributed by atoms with Gasteiger partial charge in [-0.15, -0.1) is 5.10 Å². The van der Waals surface area contributed by atoms with Crippen molar-refractivity contribution in [3.8, 4) is 0 Å². The van der Waals surface area contributed by atoms with Gasteiger partial charge in [-0.3, -0.25) is 14.7 Å². The van der Waals surface area contributed by atoms with E-state index in [0.29, 0.717) is 17.6 Å². The molecule has 1 aliphatic carbocycles. The van der Waals surface area contributed by atoms with Crippen molar-refractivity contribution in [2.45, 2.75) is 50.1 Å². The summed E-state index contributed by atoms with van der Waals surface area (Å²) in [4.78, 5) is 35.2. The zero-order valence-corrected chi connectivity index (χ0v) is 13.7. The summed E-state index contributed by atoms with van der Waals surface area (Å²) in [6, 6.07) is -0.328. The summed E-state index contributed by atoms with van der Waals surface area (Å²) in [6.07, 6.45) is 1.90. The molecular weight excluding hydrogens is 306 g/mol. The van der Waals surface area contributed by atoms with Gasteiger partial charge in [-0.25, -0.2) is 14.7 Å². The van der Waals surface area contributed by atoms with Crippen molar-refractivity contribution >= 4 is 23.7 Å². The maximum atomic E-state index is 12.0. The van der Waals surface area contributed by atoms with E-state index < -0.39 is 17.2 Å². The Morgan fingerprint density at radius 3 is 2.68 bits per heavy atom. The van der Waals surface area contributed by atoms with Gasteiger partial charge in [0.05, 0.1) is 5.25 Å². The van der Waals surface area contributed by atoms with Gasteiger partial charge in [0.1, 0.15) is 0 Å². The lowest BCUT2D eigenvalue weighted by atomic mass is 10.2. The van der Waals surface area contributed by atoms with E-state index >= 15 is 0 Å². The van der Waals surface area contributed by atoms with Crippen LogP contribution in [0.5, 0.6) is 0 Å². The molecule has 22 heavy (non-hydrogen) atoms. The number of imide groups is 1. The molecule has 0 aromatic carbocycles. The molecule has 1 unspecified atom stereocenters. The maximum absolute atomic E-state index is 12.0. The molecule has 0 saturated heterocycles. The third kappa shape index (κ3) is 4.36. The van der Waals surface area contributed by atoms with Crippen LogP contribution in [-0.4, -0.2) is 38.5 Å². The van der Waals surface area contributed by atoms with Crippen molar-refractivity contribution < 1.29 is 9.59 Å². The fourth-order valence-corrected chi connectivity index (χ4v) is 2.72. The highest BCUT2D eigenvalue weighted by molar-refractivity contribution is 8.00. The number of nitrogens with zero attached hydrogens (tertiary/aromatic N) is 2. The molecule has 2 rings (SSSR count). The number of amides is 3. The Bertz CT molecular complexity index is 605. The molecular formula is C13H21N5O3S. The van der Waals surface area contributed by atoms with Crippen LogP contribution < -0.4 is 16.3 Å². The molecule has 1 atom stereocenters. The van der Waals surface area contributed by atoms with Crippen LogP contribution >= 0.6 is 11.8 Å². The zero-order valence-electron chi connectivity index (χ0n) is 12.9. The van der Waals surface area contributed by atoms with E-state index in [-0.39, 0.29) is 11.7 Å². The highest BCUT2D eigenvalue weighted by atomic mass is 32.2. The summed E-state index contributed by atoms with van der Waals surface area (Å²) in [6.45, 7) is 6.11. The largest absolute Gasteiger partial charge is 0.344 e. The van der Waals surface area contributed by atoms with E-state index in [1.165, 1.54) is 0 Å². The van der Waals surface area contributed by atoms with Crippen molar-refractivity contribution in [3.05, 3.63) is 10.5 Å². The van der Waals surface area contributed by atoms with Crippen molar-refractivity contribution in [3.63, 3.8) is 0 Å². The summed E-state index contributed by atoms with van der Waals surface area (Å²) in [5.41, 5.74) is -0.257. The van der Waals surface area contributed by atoms with E-state index in [9.17, 15) is 14.4 Å². The van der Waals surface area contributed by atoms with E-state index in [4.69, 9.17) is 0 Å². The molecule has 9 heteroatoms. The Morgan fingerprint density at radius 1 is 1.41 bits per heavy atom. The number of rotatable bonds is 6. The summed E-state index contributed by atoms with van der Waals surface area (Å²) in [5, 5.41) is 11.2. The number of carbonyl (C=O) groups is 2. The predicted molar refractivity (Wildman–Crippen MR) is 82.8 cm³/mol. The second-order valence-corrected chi connectivity index (χ2v) is 7.07. The maximum Gasteiger partial charge on any atom is 0.344 e. The lowest BCUT2D eigenvalue weighted by Gasteiger charge is -2.12. The number of carbonyl (C=O) groups excluding carboxylic acids is 2. The molecule has 1 aromatic rings. The minimum absolute atomic E-state index is 0.179. The third-order valence-corrected chi connectivity index (χ3v) is 4.21. The third-order valence-electron chi connectivity index (χ3n) is 3.14. The quantitative estimate of drug-likeness (QED) is 0.672. The number of hydrogen-bond donors (Lipinski definition) is 3. The molecule has 3 amide bonds. The van der Waals surface area contributed by atoms with Crippen LogP contribution in [0.15, 0.2) is 9.95 Å². The van der Waals surface area contributed by atoms with Crippen LogP contribution in [0.2, 0.25) is 0 Å². The van der Waals surface area contributed by atoms with Crippen molar-refractivity contribution in [1.29, 1.82) is 0 Å². The Hall–Kier alpha value is -1.77. The van der Waals surface area contributed by atoms with Gasteiger partial charge in [0.2, 0.25) is 5.91 Å². The first-order chi connectivity index (χ1) is 10.4. The van der Waals surface area contributed by atoms with Gasteiger partial charge in [-0.05, 0) is 25.7 Å². The van der Waals surface area contributed by atoms with E-state index in [1.807, 2.05) is 13.8 Å². The first-order valence-corrected chi connectivity index (χ1v) is 8.18. The van der Waals surface area contributed by atoms with Crippen LogP contribution in [-0.2, 0) is 4.79 Å². The number of urea groups is 1. The highest BCUT2D eigenvalue weighted by Crippen LogP contribution is 2.36. The van der Waals surface area contributed by atoms with Gasteiger partial charge in [0, 0.05) is 12.6 Å². The standard InChI is InChI=1S/C13H21N5O3S/c1-7(2)6-14-11(20)15-10(19)8(3)22-13-17-16-12(21)18(13)9-4-5-9/h7-9H,4-6H2,1-3H3,(H,16,21)(H2,14,15,19,20). The molecule has 8 nitrogen and oxygen atoms in total. The average Bonchev–Trinajstić information content (AvgIpc) is 3.21. The van der Waals surface area contributed by atoms with Gasteiger partial charge in [-0.1, -0.05) is 25.6 Å². The van der Waals surface area contributed by atoms with Crippen LogP contribution in [0.3, 0.4) is 0 Å². The van der Waals surface area contributed by atoms with Gasteiger partial charge in [0.25, 0.3) is 0 Å². The van der Waals surface area contributed by atoms with E-state index in [1.54, 1.807) is 11.5 Å². The Labute approximate surface area is 132 Å². The monoisotopic (exact) mass is 327 g/mol. The molecule has 3 N–H and O–H groups in total. The van der Waals surface area contributed by atoms with Crippen molar-refractivity contribution in [1.82, 2.24) is 25.4 Å². The Balaban J connectivity index is 1.89. The topological polar surface area (TPSA) is 109 Å². The summed E-state index contributed by atoms with van der Waals surface area (Å²) >= 11 is 1.16. The average molecular weight is 327 g/mol. The van der Waals surface area contributed by atoms with Gasteiger partial charge >= 0.3 is 11.7 Å². The number of hydrogen-bond acceptors (Lipinski definition) is 5. The minimum Gasteiger partial charge on any atom is -0.338 e. The van der Waals surface area contributed by atoms with Crippen LogP contribution in [0, 0.1) is 5.92 Å². The van der Waals surface area contributed by atoms with Gasteiger partial charge in [0.15, 0.2) is 5.16 Å². The van der Waals surface area contributed by atoms with E-state index in [2.05, 4.69) is 20.8 Å². The lowest BCUT2D eigenvalue weighted by molar-refractivity contribution is -0.119. The second kappa shape index (κ2) is 6.99. The number of H-pyrrole nitrogens is 1. The minimum atomic E-state index is -0.530. The smallest absolute Gasteiger partial charge is 0.338 e. The summed E-state index contributed by atoms with van der Waals surface area (Å²) in [5.74, 6) is -0.103. The van der Waals surface area contributed by atoms with Gasteiger partial charge in [-0.2, -0.15) is 0 Å². The molecule has 1 aromatic heterocycles. The van der Waals surface area contributed by atoms with Gasteiger partial charge < -0.3 is 5.32 Å². The molecule has 0 aliphatic heterocycles. The molecule has 1 fully saturated rings. The number of thioether (sulfide) groups is 1.